The number of hydrogen-bond donors (Lipinski definition) is 2. The Balaban J connectivity index is 1.94. The zero-order valence-corrected chi connectivity index (χ0v) is 10.6. The van der Waals surface area contributed by atoms with Crippen LogP contribution < -0.4 is 5.32 Å². The van der Waals surface area contributed by atoms with Crippen molar-refractivity contribution in [3.05, 3.63) is 48.0 Å². The van der Waals surface area contributed by atoms with Gasteiger partial charge in [0, 0.05) is 12.5 Å². The van der Waals surface area contributed by atoms with Gasteiger partial charge in [-0.15, -0.1) is 0 Å². The van der Waals surface area contributed by atoms with Crippen LogP contribution in [-0.2, 0) is 0 Å². The third-order valence-corrected chi connectivity index (χ3v) is 2.71. The van der Waals surface area contributed by atoms with E-state index in [1.165, 1.54) is 6.26 Å². The van der Waals surface area contributed by atoms with Crippen LogP contribution in [0.3, 0.4) is 0 Å². The number of nitriles is 1. The van der Waals surface area contributed by atoms with Crippen LogP contribution in [0.4, 0.5) is 5.82 Å². The van der Waals surface area contributed by atoms with Crippen LogP contribution in [0.1, 0.15) is 30.9 Å². The molecule has 0 aliphatic rings. The average molecular weight is 257 g/mol. The maximum Gasteiger partial charge on any atom is 0.142 e. The molecule has 0 aliphatic carbocycles. The van der Waals surface area contributed by atoms with Gasteiger partial charge in [-0.05, 0) is 31.2 Å². The summed E-state index contributed by atoms with van der Waals surface area (Å²) in [5, 5.41) is 21.9. The third kappa shape index (κ3) is 3.57. The van der Waals surface area contributed by atoms with E-state index in [0.29, 0.717) is 23.7 Å². The monoisotopic (exact) mass is 257 g/mol. The topological polar surface area (TPSA) is 82.1 Å². The summed E-state index contributed by atoms with van der Waals surface area (Å²) in [6.45, 7) is 1.94. The van der Waals surface area contributed by atoms with Crippen LogP contribution in [-0.4, -0.2) is 16.1 Å². The summed E-state index contributed by atoms with van der Waals surface area (Å²) < 4.78 is 5.15. The summed E-state index contributed by atoms with van der Waals surface area (Å²) in [6.07, 6.45) is 1.37. The first-order valence-electron chi connectivity index (χ1n) is 6.04. The van der Waals surface area contributed by atoms with Crippen LogP contribution in [0, 0.1) is 11.3 Å². The fourth-order valence-electron chi connectivity index (χ4n) is 1.82. The molecule has 5 nitrogen and oxygen atoms in total. The molecule has 2 N–H and O–H groups in total. The van der Waals surface area contributed by atoms with E-state index >= 15 is 0 Å². The van der Waals surface area contributed by atoms with Gasteiger partial charge < -0.3 is 14.8 Å². The van der Waals surface area contributed by atoms with Crippen LogP contribution in [0.5, 0.6) is 0 Å². The predicted molar refractivity (Wildman–Crippen MR) is 70.3 cm³/mol. The fraction of sp³-hybridized carbons (Fsp3) is 0.286. The second-order valence-corrected chi connectivity index (χ2v) is 4.33. The molecule has 2 heterocycles. The van der Waals surface area contributed by atoms with Crippen molar-refractivity contribution >= 4 is 5.82 Å². The minimum absolute atomic E-state index is 0.00143. The van der Waals surface area contributed by atoms with Crippen molar-refractivity contribution in [2.75, 3.05) is 5.32 Å². The van der Waals surface area contributed by atoms with E-state index in [9.17, 15) is 5.11 Å². The molecule has 0 spiro atoms. The Kier molecular flexibility index (Phi) is 4.16. The van der Waals surface area contributed by atoms with Gasteiger partial charge in [0.15, 0.2) is 0 Å². The summed E-state index contributed by atoms with van der Waals surface area (Å²) >= 11 is 0. The zero-order chi connectivity index (χ0) is 13.7. The van der Waals surface area contributed by atoms with Crippen molar-refractivity contribution in [1.82, 2.24) is 4.98 Å². The molecule has 2 rings (SSSR count). The molecule has 0 saturated heterocycles. The summed E-state index contributed by atoms with van der Waals surface area (Å²) in [5.74, 6) is 1.17. The number of aliphatic hydroxyl groups excluding tert-OH is 1. The Morgan fingerprint density at radius 2 is 2.26 bits per heavy atom. The van der Waals surface area contributed by atoms with Crippen LogP contribution in [0.2, 0.25) is 0 Å². The van der Waals surface area contributed by atoms with Gasteiger partial charge in [0.25, 0.3) is 0 Å². The van der Waals surface area contributed by atoms with Crippen molar-refractivity contribution in [2.45, 2.75) is 25.5 Å². The first-order valence-corrected chi connectivity index (χ1v) is 6.04. The predicted octanol–water partition coefficient (Wildman–Crippen LogP) is 2.47. The maximum atomic E-state index is 9.95. The van der Waals surface area contributed by atoms with E-state index in [1.807, 2.05) is 13.0 Å². The molecule has 0 amide bonds. The maximum absolute atomic E-state index is 9.95. The molecule has 2 aromatic rings. The highest BCUT2D eigenvalue weighted by atomic mass is 16.4. The summed E-state index contributed by atoms with van der Waals surface area (Å²) in [5.41, 5.74) is 0.365. The lowest BCUT2D eigenvalue weighted by atomic mass is 10.1. The normalized spacial score (nSPS) is 13.5. The van der Waals surface area contributed by atoms with E-state index in [4.69, 9.17) is 9.68 Å². The number of nitrogens with one attached hydrogen (secondary N) is 1. The first-order chi connectivity index (χ1) is 9.19. The van der Waals surface area contributed by atoms with Gasteiger partial charge in [0.2, 0.25) is 0 Å². The number of aliphatic hydroxyl groups is 1. The molecule has 0 radical (unpaired) electrons. The number of furan rings is 1. The SMILES string of the molecule is CC(CC(O)c1ccco1)Nc1cccc(C#N)n1. The van der Waals surface area contributed by atoms with Crippen molar-refractivity contribution in [1.29, 1.82) is 5.26 Å². The lowest BCUT2D eigenvalue weighted by Gasteiger charge is -2.17. The van der Waals surface area contributed by atoms with Crippen LogP contribution in [0.25, 0.3) is 0 Å². The van der Waals surface area contributed by atoms with E-state index in [2.05, 4.69) is 10.3 Å². The molecule has 2 atom stereocenters. The quantitative estimate of drug-likeness (QED) is 0.859. The summed E-state index contributed by atoms with van der Waals surface area (Å²) in [6, 6.07) is 10.7. The van der Waals surface area contributed by atoms with E-state index in [1.54, 1.807) is 30.3 Å². The Labute approximate surface area is 111 Å². The van der Waals surface area contributed by atoms with Crippen molar-refractivity contribution in [2.24, 2.45) is 0 Å². The van der Waals surface area contributed by atoms with Gasteiger partial charge in [-0.3, -0.25) is 0 Å². The highest BCUT2D eigenvalue weighted by molar-refractivity contribution is 5.39. The average Bonchev–Trinajstić information content (AvgIpc) is 2.92. The van der Waals surface area contributed by atoms with Crippen molar-refractivity contribution in [3.8, 4) is 6.07 Å². The Morgan fingerprint density at radius 1 is 1.42 bits per heavy atom. The van der Waals surface area contributed by atoms with Gasteiger partial charge in [-0.1, -0.05) is 6.07 Å². The Morgan fingerprint density at radius 3 is 2.95 bits per heavy atom. The van der Waals surface area contributed by atoms with Crippen LogP contribution in [0.15, 0.2) is 41.0 Å². The minimum atomic E-state index is -0.656. The number of rotatable bonds is 5. The summed E-state index contributed by atoms with van der Waals surface area (Å²) in [7, 11) is 0. The van der Waals surface area contributed by atoms with Gasteiger partial charge in [-0.25, -0.2) is 4.98 Å². The Hall–Kier alpha value is -2.32. The summed E-state index contributed by atoms with van der Waals surface area (Å²) in [4.78, 5) is 4.12. The minimum Gasteiger partial charge on any atom is -0.467 e. The zero-order valence-electron chi connectivity index (χ0n) is 10.6. The number of aromatic nitrogens is 1. The van der Waals surface area contributed by atoms with E-state index < -0.39 is 6.10 Å². The second kappa shape index (κ2) is 6.03. The highest BCUT2D eigenvalue weighted by Gasteiger charge is 2.14. The highest BCUT2D eigenvalue weighted by Crippen LogP contribution is 2.20. The molecule has 2 unspecified atom stereocenters. The third-order valence-electron chi connectivity index (χ3n) is 2.71. The van der Waals surface area contributed by atoms with E-state index in [0.717, 1.165) is 0 Å². The van der Waals surface area contributed by atoms with Crippen LogP contribution >= 0.6 is 0 Å². The molecule has 0 bridgehead atoms. The Bertz CT molecular complexity index is 560. The molecule has 5 heteroatoms. The number of pyridine rings is 1. The molecule has 0 saturated carbocycles. The van der Waals surface area contributed by atoms with Crippen molar-refractivity contribution < 1.29 is 9.52 Å². The molecular formula is C14H15N3O2. The smallest absolute Gasteiger partial charge is 0.142 e. The lowest BCUT2D eigenvalue weighted by molar-refractivity contribution is 0.136. The number of anilines is 1. The molecule has 0 aromatic carbocycles. The van der Waals surface area contributed by atoms with Crippen molar-refractivity contribution in [3.63, 3.8) is 0 Å². The number of nitrogens with zero attached hydrogens (tertiary/aromatic N) is 2. The van der Waals surface area contributed by atoms with Gasteiger partial charge in [0.1, 0.15) is 29.4 Å². The molecule has 2 aromatic heterocycles. The number of hydrogen-bond acceptors (Lipinski definition) is 5. The van der Waals surface area contributed by atoms with Gasteiger partial charge in [0.05, 0.1) is 6.26 Å². The van der Waals surface area contributed by atoms with Gasteiger partial charge in [-0.2, -0.15) is 5.26 Å². The standard InChI is InChI=1S/C14H15N3O2/c1-10(8-12(18)13-5-3-7-19-13)16-14-6-2-4-11(9-15)17-14/h2-7,10,12,18H,8H2,1H3,(H,16,17). The molecular weight excluding hydrogens is 242 g/mol. The molecule has 0 aliphatic heterocycles. The first kappa shape index (κ1) is 13.1. The van der Waals surface area contributed by atoms with E-state index in [-0.39, 0.29) is 6.04 Å². The van der Waals surface area contributed by atoms with Gasteiger partial charge >= 0.3 is 0 Å². The molecule has 98 valence electrons. The molecule has 19 heavy (non-hydrogen) atoms. The second-order valence-electron chi connectivity index (χ2n) is 4.33. The fourth-order valence-corrected chi connectivity index (χ4v) is 1.82. The largest absolute Gasteiger partial charge is 0.467 e. The lowest BCUT2D eigenvalue weighted by Crippen LogP contribution is -2.19. The molecule has 0 fully saturated rings.